The maximum absolute atomic E-state index is 7.09. The van der Waals surface area contributed by atoms with Crippen molar-refractivity contribution in [1.29, 1.82) is 0 Å². The van der Waals surface area contributed by atoms with E-state index in [2.05, 4.69) is 188 Å². The van der Waals surface area contributed by atoms with E-state index in [-0.39, 0.29) is 0 Å². The van der Waals surface area contributed by atoms with Crippen molar-refractivity contribution in [1.82, 2.24) is 0 Å². The molecular formula is C41H32P3S2-. The summed E-state index contributed by atoms with van der Waals surface area (Å²) in [5, 5.41) is 6.14. The van der Waals surface area contributed by atoms with Gasteiger partial charge in [0.2, 0.25) is 0 Å². The first-order valence-electron chi connectivity index (χ1n) is 15.2. The smallest absolute Gasteiger partial charge is 0.106 e. The van der Waals surface area contributed by atoms with Crippen LogP contribution in [0.1, 0.15) is 0 Å². The minimum absolute atomic E-state index is 0.319. The van der Waals surface area contributed by atoms with Crippen LogP contribution in [0, 0.1) is 4.67 Å². The minimum atomic E-state index is -2.50. The predicted molar refractivity (Wildman–Crippen MR) is 213 cm³/mol. The van der Waals surface area contributed by atoms with Crippen LogP contribution in [0.3, 0.4) is 0 Å². The van der Waals surface area contributed by atoms with Gasteiger partial charge in [0.05, 0.1) is 10.6 Å². The fourth-order valence-electron chi connectivity index (χ4n) is 6.07. The summed E-state index contributed by atoms with van der Waals surface area (Å²) in [4.78, 5) is 0. The Kier molecular flexibility index (Phi) is 9.29. The van der Waals surface area contributed by atoms with E-state index in [1.165, 1.54) is 53.2 Å². The summed E-state index contributed by atoms with van der Waals surface area (Å²) < 4.78 is 1.32. The van der Waals surface area contributed by atoms with Crippen molar-refractivity contribution in [3.63, 3.8) is 0 Å². The Morgan fingerprint density at radius 3 is 1.20 bits per heavy atom. The van der Waals surface area contributed by atoms with Gasteiger partial charge in [-0.2, -0.15) is 6.09 Å². The zero-order valence-corrected chi connectivity index (χ0v) is 29.5. The van der Waals surface area contributed by atoms with Crippen molar-refractivity contribution in [2.75, 3.05) is 0 Å². The summed E-state index contributed by atoms with van der Waals surface area (Å²) in [6.07, 6.45) is -2.50. The third-order valence-corrected chi connectivity index (χ3v) is 22.5. The second-order valence-corrected chi connectivity index (χ2v) is 21.9. The molecule has 0 nitrogen and oxygen atoms in total. The number of hydrogen-bond acceptors (Lipinski definition) is 2. The van der Waals surface area contributed by atoms with Crippen LogP contribution in [0.25, 0.3) is 22.3 Å². The zero-order chi connectivity index (χ0) is 31.4. The van der Waals surface area contributed by atoms with E-state index in [0.717, 1.165) is 0 Å². The molecule has 224 valence electrons. The molecule has 7 aromatic rings. The lowest BCUT2D eigenvalue weighted by Gasteiger charge is -2.38. The summed E-state index contributed by atoms with van der Waals surface area (Å²) in [7, 11) is 0.319. The second-order valence-electron chi connectivity index (χ2n) is 11.1. The topological polar surface area (TPSA) is 0 Å². The molecule has 0 N–H and O–H groups in total. The van der Waals surface area contributed by atoms with Crippen molar-refractivity contribution in [3.8, 4) is 22.3 Å². The molecule has 1 atom stereocenters. The SMILES string of the molecule is [S-]P(c1ccccc1)(c1ccccc1)=c1[pH]c([P+]([S-])(c2ccccc2)c2ccccc2)c(-c2ccccc2)cc1-c1ccccc1. The molecule has 0 bridgehead atoms. The van der Waals surface area contributed by atoms with Crippen LogP contribution in [-0.4, -0.2) is 0 Å². The summed E-state index contributed by atoms with van der Waals surface area (Å²) >= 11 is 14.2. The van der Waals surface area contributed by atoms with Gasteiger partial charge >= 0.3 is 0 Å². The highest BCUT2D eigenvalue weighted by atomic mass is 32.7. The van der Waals surface area contributed by atoms with Gasteiger partial charge < -0.3 is 24.5 Å². The average molecular weight is 682 g/mol. The van der Waals surface area contributed by atoms with Crippen LogP contribution >= 0.6 is 20.7 Å². The monoisotopic (exact) mass is 681 g/mol. The molecule has 1 heterocycles. The Balaban J connectivity index is 1.75. The molecule has 0 aliphatic rings. The lowest BCUT2D eigenvalue weighted by Crippen LogP contribution is -2.29. The van der Waals surface area contributed by atoms with E-state index in [4.69, 9.17) is 24.5 Å². The van der Waals surface area contributed by atoms with Gasteiger partial charge in [0.25, 0.3) is 0 Å². The summed E-state index contributed by atoms with van der Waals surface area (Å²) in [5.74, 6) is 0. The maximum atomic E-state index is 7.09. The van der Waals surface area contributed by atoms with Crippen LogP contribution in [0.2, 0.25) is 0 Å². The van der Waals surface area contributed by atoms with Crippen LogP contribution in [0.5, 0.6) is 0 Å². The Labute approximate surface area is 285 Å². The largest absolute Gasteiger partial charge is 0.748 e. The van der Waals surface area contributed by atoms with Crippen molar-refractivity contribution in [2.45, 2.75) is 0 Å². The minimum Gasteiger partial charge on any atom is -0.748 e. The van der Waals surface area contributed by atoms with E-state index in [0.29, 0.717) is 8.19 Å². The third kappa shape index (κ3) is 5.80. The summed E-state index contributed by atoms with van der Waals surface area (Å²) in [6.45, 7) is -2.50. The molecule has 0 aliphatic carbocycles. The molecule has 0 saturated carbocycles. The maximum Gasteiger partial charge on any atom is 0.106 e. The molecule has 0 aliphatic heterocycles. The van der Waals surface area contributed by atoms with Crippen molar-refractivity contribution in [3.05, 3.63) is 193 Å². The lowest BCUT2D eigenvalue weighted by molar-refractivity contribution is 1.63. The molecule has 0 spiro atoms. The van der Waals surface area contributed by atoms with Crippen molar-refractivity contribution >= 4 is 71.5 Å². The molecule has 7 rings (SSSR count). The number of hydrogen-bond donors (Lipinski definition) is 0. The van der Waals surface area contributed by atoms with E-state index in [9.17, 15) is 0 Å². The average Bonchev–Trinajstić information content (AvgIpc) is 3.16. The van der Waals surface area contributed by atoms with Gasteiger partial charge in [-0.25, -0.2) is 0 Å². The molecule has 1 unspecified atom stereocenters. The van der Waals surface area contributed by atoms with Gasteiger partial charge in [-0.05, 0) is 68.8 Å². The van der Waals surface area contributed by atoms with Gasteiger partial charge in [0.1, 0.15) is 5.04 Å². The standard InChI is InChI=1S/C41H32P3S2/c45-43(34-23-11-3-12-24-34,35-25-13-4-14-26-35)40-38(32-19-7-1-8-20-32)31-39(33-21-9-2-10-22-33)41(42-40)44(46,36-27-15-5-16-28-36)37-29-17-6-18-30-37/h1-31,42H/q-1. The highest BCUT2D eigenvalue weighted by Crippen LogP contribution is 2.60. The molecule has 5 heteroatoms. The van der Waals surface area contributed by atoms with Crippen LogP contribution in [-0.2, 0) is 24.5 Å². The lowest BCUT2D eigenvalue weighted by atomic mass is 10.0. The Morgan fingerprint density at radius 2 is 0.783 bits per heavy atom. The molecular weight excluding hydrogens is 650 g/mol. The van der Waals surface area contributed by atoms with Crippen LogP contribution in [0.15, 0.2) is 188 Å². The second kappa shape index (κ2) is 13.7. The van der Waals surface area contributed by atoms with E-state index >= 15 is 0 Å². The Bertz CT molecular complexity index is 2070. The molecule has 0 saturated heterocycles. The molecule has 6 aromatic carbocycles. The quantitative estimate of drug-likeness (QED) is 0.122. The Hall–Kier alpha value is -3.47. The van der Waals surface area contributed by atoms with Gasteiger partial charge in [0.15, 0.2) is 0 Å². The van der Waals surface area contributed by atoms with Crippen LogP contribution < -0.4 is 26.3 Å². The van der Waals surface area contributed by atoms with E-state index in [1.807, 2.05) is 0 Å². The number of rotatable bonds is 7. The fraction of sp³-hybridized carbons (Fsp3) is 0. The first-order valence-corrected chi connectivity index (χ1v) is 21.9. The normalized spacial score (nSPS) is 11.9. The highest BCUT2D eigenvalue weighted by Gasteiger charge is 2.36. The molecule has 46 heavy (non-hydrogen) atoms. The molecule has 0 amide bonds. The van der Waals surface area contributed by atoms with Crippen molar-refractivity contribution < 1.29 is 0 Å². The summed E-state index contributed by atoms with van der Waals surface area (Å²) in [6, 6.07) is 67.2. The number of benzene rings is 6. The molecule has 1 aromatic heterocycles. The first kappa shape index (κ1) is 31.1. The van der Waals surface area contributed by atoms with Gasteiger partial charge in [0, 0.05) is 5.56 Å². The van der Waals surface area contributed by atoms with Crippen LogP contribution in [0.4, 0.5) is 0 Å². The van der Waals surface area contributed by atoms with E-state index < -0.39 is 12.6 Å². The molecule has 0 radical (unpaired) electrons. The zero-order valence-electron chi connectivity index (χ0n) is 25.1. The van der Waals surface area contributed by atoms with Gasteiger partial charge in [-0.3, -0.25) is 0 Å². The van der Waals surface area contributed by atoms with Gasteiger partial charge in [-0.15, -0.1) is 0 Å². The highest BCUT2D eigenvalue weighted by molar-refractivity contribution is 8.52. The third-order valence-electron chi connectivity index (χ3n) is 8.31. The molecule has 0 fully saturated rings. The Morgan fingerprint density at radius 1 is 0.435 bits per heavy atom. The van der Waals surface area contributed by atoms with E-state index in [1.54, 1.807) is 0 Å². The predicted octanol–water partition coefficient (Wildman–Crippen LogP) is 9.47. The fourth-order valence-corrected chi connectivity index (χ4v) is 18.7. The van der Waals surface area contributed by atoms with Crippen molar-refractivity contribution in [2.24, 2.45) is 0 Å². The first-order chi connectivity index (χ1) is 22.6. The van der Waals surface area contributed by atoms with Gasteiger partial charge in [-0.1, -0.05) is 166 Å². The summed E-state index contributed by atoms with van der Waals surface area (Å²) in [5.41, 5.74) is 4.82.